The predicted molar refractivity (Wildman–Crippen MR) is 71.2 cm³/mol. The summed E-state index contributed by atoms with van der Waals surface area (Å²) < 4.78 is 2.01. The molecule has 0 radical (unpaired) electrons. The standard InChI is InChI=1S/C14H12N4/c15-12-2-1-3-13(8-12)18-10-17-9-14(18)11-4-6-16-7-5-11/h1-10H,15H2. The Bertz CT molecular complexity index is 658. The van der Waals surface area contributed by atoms with E-state index in [1.807, 2.05) is 47.2 Å². The van der Waals surface area contributed by atoms with Gasteiger partial charge < -0.3 is 5.73 Å². The lowest BCUT2D eigenvalue weighted by atomic mass is 10.2. The Balaban J connectivity index is 2.13. The maximum absolute atomic E-state index is 5.81. The van der Waals surface area contributed by atoms with Crippen molar-refractivity contribution in [3.05, 3.63) is 61.3 Å². The zero-order valence-corrected chi connectivity index (χ0v) is 9.69. The van der Waals surface area contributed by atoms with Crippen LogP contribution in [0.2, 0.25) is 0 Å². The molecular formula is C14H12N4. The molecule has 0 fully saturated rings. The highest BCUT2D eigenvalue weighted by atomic mass is 15.0. The summed E-state index contributed by atoms with van der Waals surface area (Å²) >= 11 is 0. The lowest BCUT2D eigenvalue weighted by Gasteiger charge is -2.08. The van der Waals surface area contributed by atoms with Crippen molar-refractivity contribution in [1.29, 1.82) is 0 Å². The molecule has 2 N–H and O–H groups in total. The number of hydrogen-bond acceptors (Lipinski definition) is 3. The number of nitrogens with two attached hydrogens (primary N) is 1. The van der Waals surface area contributed by atoms with Crippen LogP contribution >= 0.6 is 0 Å². The van der Waals surface area contributed by atoms with Crippen molar-refractivity contribution in [2.75, 3.05) is 5.73 Å². The van der Waals surface area contributed by atoms with Crippen LogP contribution in [-0.4, -0.2) is 14.5 Å². The zero-order valence-electron chi connectivity index (χ0n) is 9.69. The summed E-state index contributed by atoms with van der Waals surface area (Å²) in [6.45, 7) is 0. The Kier molecular flexibility index (Phi) is 2.53. The Morgan fingerprint density at radius 1 is 1.00 bits per heavy atom. The molecule has 0 unspecified atom stereocenters. The number of aromatic nitrogens is 3. The van der Waals surface area contributed by atoms with Crippen molar-refractivity contribution in [3.8, 4) is 16.9 Å². The van der Waals surface area contributed by atoms with E-state index in [0.717, 1.165) is 22.6 Å². The minimum absolute atomic E-state index is 0.738. The number of imidazole rings is 1. The molecule has 2 heterocycles. The molecule has 0 atom stereocenters. The molecule has 0 bridgehead atoms. The normalized spacial score (nSPS) is 10.4. The molecule has 0 aliphatic heterocycles. The maximum atomic E-state index is 5.81. The quantitative estimate of drug-likeness (QED) is 0.695. The molecule has 1 aromatic carbocycles. The van der Waals surface area contributed by atoms with Gasteiger partial charge in [-0.3, -0.25) is 9.55 Å². The van der Waals surface area contributed by atoms with E-state index in [9.17, 15) is 0 Å². The molecule has 0 saturated carbocycles. The molecule has 0 saturated heterocycles. The molecule has 0 amide bonds. The minimum atomic E-state index is 0.738. The van der Waals surface area contributed by atoms with Crippen LogP contribution in [0.25, 0.3) is 16.9 Å². The number of nitrogen functional groups attached to an aromatic ring is 1. The highest BCUT2D eigenvalue weighted by Crippen LogP contribution is 2.22. The smallest absolute Gasteiger partial charge is 0.0997 e. The summed E-state index contributed by atoms with van der Waals surface area (Å²) in [6.07, 6.45) is 7.15. The van der Waals surface area contributed by atoms with Crippen LogP contribution < -0.4 is 5.73 Å². The van der Waals surface area contributed by atoms with Gasteiger partial charge in [-0.05, 0) is 30.3 Å². The van der Waals surface area contributed by atoms with Gasteiger partial charge in [0.25, 0.3) is 0 Å². The second-order valence-corrected chi connectivity index (χ2v) is 3.98. The average Bonchev–Trinajstić information content (AvgIpc) is 2.89. The largest absolute Gasteiger partial charge is 0.399 e. The van der Waals surface area contributed by atoms with Crippen LogP contribution in [0.5, 0.6) is 0 Å². The Hall–Kier alpha value is -2.62. The van der Waals surface area contributed by atoms with Gasteiger partial charge in [-0.15, -0.1) is 0 Å². The van der Waals surface area contributed by atoms with E-state index in [0.29, 0.717) is 0 Å². The molecule has 2 aromatic heterocycles. The molecule has 4 heteroatoms. The first-order valence-corrected chi connectivity index (χ1v) is 5.63. The van der Waals surface area contributed by atoms with Gasteiger partial charge in [-0.2, -0.15) is 0 Å². The highest BCUT2D eigenvalue weighted by Gasteiger charge is 2.06. The van der Waals surface area contributed by atoms with Crippen molar-refractivity contribution >= 4 is 5.69 Å². The van der Waals surface area contributed by atoms with Gasteiger partial charge >= 0.3 is 0 Å². The van der Waals surface area contributed by atoms with Crippen LogP contribution in [0.1, 0.15) is 0 Å². The summed E-state index contributed by atoms with van der Waals surface area (Å²) in [7, 11) is 0. The second-order valence-electron chi connectivity index (χ2n) is 3.98. The fourth-order valence-electron chi connectivity index (χ4n) is 1.91. The predicted octanol–water partition coefficient (Wildman–Crippen LogP) is 2.52. The molecule has 0 aliphatic rings. The van der Waals surface area contributed by atoms with E-state index < -0.39 is 0 Å². The van der Waals surface area contributed by atoms with Gasteiger partial charge in [-0.25, -0.2) is 4.98 Å². The number of rotatable bonds is 2. The van der Waals surface area contributed by atoms with E-state index in [1.165, 1.54) is 0 Å². The number of hydrogen-bond donors (Lipinski definition) is 1. The molecule has 3 rings (SSSR count). The molecule has 0 spiro atoms. The third kappa shape index (κ3) is 1.84. The van der Waals surface area contributed by atoms with Crippen molar-refractivity contribution < 1.29 is 0 Å². The topological polar surface area (TPSA) is 56.7 Å². The van der Waals surface area contributed by atoms with Gasteiger partial charge in [0.05, 0.1) is 18.2 Å². The number of benzene rings is 1. The first kappa shape index (κ1) is 10.5. The molecule has 18 heavy (non-hydrogen) atoms. The number of anilines is 1. The third-order valence-corrected chi connectivity index (χ3v) is 2.76. The average molecular weight is 236 g/mol. The monoisotopic (exact) mass is 236 g/mol. The van der Waals surface area contributed by atoms with Gasteiger partial charge in [0.15, 0.2) is 0 Å². The van der Waals surface area contributed by atoms with Crippen LogP contribution in [-0.2, 0) is 0 Å². The number of nitrogens with zero attached hydrogens (tertiary/aromatic N) is 3. The Morgan fingerprint density at radius 2 is 1.83 bits per heavy atom. The van der Waals surface area contributed by atoms with Crippen LogP contribution in [0.3, 0.4) is 0 Å². The summed E-state index contributed by atoms with van der Waals surface area (Å²) in [6, 6.07) is 11.6. The van der Waals surface area contributed by atoms with Gasteiger partial charge in [0, 0.05) is 29.3 Å². The van der Waals surface area contributed by atoms with Crippen LogP contribution in [0.15, 0.2) is 61.3 Å². The summed E-state index contributed by atoms with van der Waals surface area (Å²) in [5, 5.41) is 0. The first-order chi connectivity index (χ1) is 8.84. The highest BCUT2D eigenvalue weighted by molar-refractivity contribution is 5.62. The van der Waals surface area contributed by atoms with E-state index in [-0.39, 0.29) is 0 Å². The van der Waals surface area contributed by atoms with Crippen LogP contribution in [0, 0.1) is 0 Å². The lowest BCUT2D eigenvalue weighted by Crippen LogP contribution is -1.96. The second kappa shape index (κ2) is 4.33. The summed E-state index contributed by atoms with van der Waals surface area (Å²) in [5.41, 5.74) is 9.64. The molecule has 0 aliphatic carbocycles. The SMILES string of the molecule is Nc1cccc(-n2cncc2-c2ccncc2)c1. The van der Waals surface area contributed by atoms with Crippen LogP contribution in [0.4, 0.5) is 5.69 Å². The van der Waals surface area contributed by atoms with E-state index in [4.69, 9.17) is 5.73 Å². The Labute approximate surface area is 105 Å². The fraction of sp³-hybridized carbons (Fsp3) is 0. The summed E-state index contributed by atoms with van der Waals surface area (Å²) in [4.78, 5) is 8.23. The number of pyridine rings is 1. The van der Waals surface area contributed by atoms with Gasteiger partial charge in [-0.1, -0.05) is 6.07 Å². The van der Waals surface area contributed by atoms with Gasteiger partial charge in [0.1, 0.15) is 0 Å². The molecule has 88 valence electrons. The van der Waals surface area contributed by atoms with E-state index >= 15 is 0 Å². The van der Waals surface area contributed by atoms with Gasteiger partial charge in [0.2, 0.25) is 0 Å². The summed E-state index contributed by atoms with van der Waals surface area (Å²) in [5.74, 6) is 0. The minimum Gasteiger partial charge on any atom is -0.399 e. The molecular weight excluding hydrogens is 224 g/mol. The Morgan fingerprint density at radius 3 is 2.61 bits per heavy atom. The van der Waals surface area contributed by atoms with Crippen molar-refractivity contribution in [1.82, 2.24) is 14.5 Å². The van der Waals surface area contributed by atoms with Crippen molar-refractivity contribution in [2.45, 2.75) is 0 Å². The van der Waals surface area contributed by atoms with Crippen molar-refractivity contribution in [3.63, 3.8) is 0 Å². The molecule has 4 nitrogen and oxygen atoms in total. The van der Waals surface area contributed by atoms with E-state index in [2.05, 4.69) is 9.97 Å². The maximum Gasteiger partial charge on any atom is 0.0997 e. The van der Waals surface area contributed by atoms with E-state index in [1.54, 1.807) is 18.7 Å². The van der Waals surface area contributed by atoms with Crippen molar-refractivity contribution in [2.24, 2.45) is 0 Å². The molecule has 3 aromatic rings. The third-order valence-electron chi connectivity index (χ3n) is 2.76. The fourth-order valence-corrected chi connectivity index (χ4v) is 1.91. The lowest BCUT2D eigenvalue weighted by molar-refractivity contribution is 1.06. The zero-order chi connectivity index (χ0) is 12.4. The first-order valence-electron chi connectivity index (χ1n) is 5.63.